The average Bonchev–Trinajstić information content (AvgIpc) is 2.26. The number of nitriles is 1. The number of halogens is 1. The molecule has 2 nitrogen and oxygen atoms in total. The first kappa shape index (κ1) is 13.4. The molecule has 3 heteroatoms. The highest BCUT2D eigenvalue weighted by atomic mass is 35.5. The van der Waals surface area contributed by atoms with Crippen LogP contribution in [0.3, 0.4) is 0 Å². The van der Waals surface area contributed by atoms with E-state index in [9.17, 15) is 4.79 Å². The smallest absolute Gasteiger partial charge is 0.155 e. The van der Waals surface area contributed by atoms with Crippen LogP contribution in [0.1, 0.15) is 24.5 Å². The summed E-state index contributed by atoms with van der Waals surface area (Å²) in [6.45, 7) is 1.82. The van der Waals surface area contributed by atoms with Gasteiger partial charge in [-0.25, -0.2) is 0 Å². The Balaban J connectivity index is 0.00000196. The Kier molecular flexibility index (Phi) is 6.08. The molecule has 0 bridgehead atoms. The highest BCUT2D eigenvalue weighted by Gasteiger charge is 1.91. The quantitative estimate of drug-likeness (QED) is 0.737. The molecule has 0 aliphatic heterocycles. The zero-order chi connectivity index (χ0) is 10.4. The van der Waals surface area contributed by atoms with Crippen molar-refractivity contribution in [3.63, 3.8) is 0 Å². The van der Waals surface area contributed by atoms with E-state index in [0.717, 1.165) is 5.56 Å². The van der Waals surface area contributed by atoms with Crippen molar-refractivity contribution in [3.05, 3.63) is 41.5 Å². The van der Waals surface area contributed by atoms with Crippen molar-refractivity contribution < 1.29 is 4.79 Å². The zero-order valence-electron chi connectivity index (χ0n) is 8.43. The van der Waals surface area contributed by atoms with Gasteiger partial charge in [0.05, 0.1) is 11.6 Å². The lowest BCUT2D eigenvalue weighted by Crippen LogP contribution is -1.86. The van der Waals surface area contributed by atoms with Crippen LogP contribution in [0.15, 0.2) is 30.3 Å². The van der Waals surface area contributed by atoms with Crippen LogP contribution >= 0.6 is 12.4 Å². The van der Waals surface area contributed by atoms with Gasteiger partial charge in [0.25, 0.3) is 0 Å². The van der Waals surface area contributed by atoms with Crippen molar-refractivity contribution in [3.8, 4) is 6.07 Å². The van der Waals surface area contributed by atoms with Gasteiger partial charge in [-0.2, -0.15) is 5.26 Å². The number of ketones is 1. The van der Waals surface area contributed by atoms with E-state index < -0.39 is 0 Å². The maximum atomic E-state index is 11.0. The fourth-order valence-electron chi connectivity index (χ4n) is 0.976. The van der Waals surface area contributed by atoms with Crippen molar-refractivity contribution in [2.24, 2.45) is 0 Å². The van der Waals surface area contributed by atoms with Crippen LogP contribution in [-0.2, 0) is 4.79 Å². The molecule has 0 atom stereocenters. The van der Waals surface area contributed by atoms with Gasteiger partial charge in [0, 0.05) is 6.42 Å². The molecule has 0 amide bonds. The molecular weight excluding hydrogens is 210 g/mol. The van der Waals surface area contributed by atoms with E-state index in [1.54, 1.807) is 24.3 Å². The SMILES string of the molecule is CCC(=O)C=Cc1ccc(C#N)cc1.Cl. The molecule has 0 aromatic heterocycles. The number of benzene rings is 1. The van der Waals surface area contributed by atoms with Crippen molar-refractivity contribution in [2.45, 2.75) is 13.3 Å². The first-order valence-electron chi connectivity index (χ1n) is 4.47. The molecule has 0 aliphatic carbocycles. The summed E-state index contributed by atoms with van der Waals surface area (Å²) in [7, 11) is 0. The number of carbonyl (C=O) groups excluding carboxylic acids is 1. The van der Waals surface area contributed by atoms with Crippen LogP contribution in [0, 0.1) is 11.3 Å². The highest BCUT2D eigenvalue weighted by Crippen LogP contribution is 2.05. The predicted octanol–water partition coefficient (Wildman–Crippen LogP) is 2.97. The third kappa shape index (κ3) is 4.44. The zero-order valence-corrected chi connectivity index (χ0v) is 9.25. The predicted molar refractivity (Wildman–Crippen MR) is 62.7 cm³/mol. The number of allylic oxidation sites excluding steroid dienone is 1. The summed E-state index contributed by atoms with van der Waals surface area (Å²) in [6, 6.07) is 9.14. The van der Waals surface area contributed by atoms with Crippen LogP contribution in [-0.4, -0.2) is 5.78 Å². The van der Waals surface area contributed by atoms with Crippen LogP contribution in [0.5, 0.6) is 0 Å². The number of hydrogen-bond acceptors (Lipinski definition) is 2. The van der Waals surface area contributed by atoms with Gasteiger partial charge in [0.1, 0.15) is 0 Å². The second-order valence-corrected chi connectivity index (χ2v) is 2.89. The maximum Gasteiger partial charge on any atom is 0.155 e. The largest absolute Gasteiger partial charge is 0.295 e. The molecule has 0 saturated carbocycles. The van der Waals surface area contributed by atoms with E-state index in [4.69, 9.17) is 5.26 Å². The monoisotopic (exact) mass is 221 g/mol. The summed E-state index contributed by atoms with van der Waals surface area (Å²) in [4.78, 5) is 11.0. The maximum absolute atomic E-state index is 11.0. The molecule has 1 rings (SSSR count). The van der Waals surface area contributed by atoms with Gasteiger partial charge in [0.15, 0.2) is 5.78 Å². The van der Waals surface area contributed by atoms with Crippen molar-refractivity contribution in [1.29, 1.82) is 5.26 Å². The summed E-state index contributed by atoms with van der Waals surface area (Å²) < 4.78 is 0. The molecule has 1 aromatic carbocycles. The molecule has 15 heavy (non-hydrogen) atoms. The third-order valence-electron chi connectivity index (χ3n) is 1.85. The Hall–Kier alpha value is -1.59. The number of nitrogens with zero attached hydrogens (tertiary/aromatic N) is 1. The highest BCUT2D eigenvalue weighted by molar-refractivity contribution is 5.93. The molecule has 0 unspecified atom stereocenters. The lowest BCUT2D eigenvalue weighted by molar-refractivity contribution is -0.114. The Bertz CT molecular complexity index is 387. The fourth-order valence-corrected chi connectivity index (χ4v) is 0.976. The summed E-state index contributed by atoms with van der Waals surface area (Å²) in [5, 5.41) is 8.56. The van der Waals surface area contributed by atoms with Crippen LogP contribution in [0.2, 0.25) is 0 Å². The Morgan fingerprint density at radius 1 is 1.40 bits per heavy atom. The molecule has 0 radical (unpaired) electrons. The Morgan fingerprint density at radius 2 is 2.00 bits per heavy atom. The first-order chi connectivity index (χ1) is 6.76. The lowest BCUT2D eigenvalue weighted by atomic mass is 10.1. The summed E-state index contributed by atoms with van der Waals surface area (Å²) in [5.74, 6) is 0.106. The van der Waals surface area contributed by atoms with Gasteiger partial charge in [-0.1, -0.05) is 25.1 Å². The molecule has 0 spiro atoms. The van der Waals surface area contributed by atoms with Crippen LogP contribution < -0.4 is 0 Å². The van der Waals surface area contributed by atoms with Gasteiger partial charge in [-0.05, 0) is 23.8 Å². The number of rotatable bonds is 3. The van der Waals surface area contributed by atoms with Crippen molar-refractivity contribution in [1.82, 2.24) is 0 Å². The summed E-state index contributed by atoms with van der Waals surface area (Å²) >= 11 is 0. The Morgan fingerprint density at radius 3 is 2.47 bits per heavy atom. The Labute approximate surface area is 95.6 Å². The van der Waals surface area contributed by atoms with Gasteiger partial charge < -0.3 is 0 Å². The molecule has 0 heterocycles. The second kappa shape index (κ2) is 6.80. The van der Waals surface area contributed by atoms with E-state index in [-0.39, 0.29) is 18.2 Å². The molecule has 0 N–H and O–H groups in total. The fraction of sp³-hybridized carbons (Fsp3) is 0.167. The third-order valence-corrected chi connectivity index (χ3v) is 1.85. The molecule has 1 aromatic rings. The number of carbonyl (C=O) groups is 1. The minimum Gasteiger partial charge on any atom is -0.295 e. The van der Waals surface area contributed by atoms with E-state index in [1.165, 1.54) is 0 Å². The van der Waals surface area contributed by atoms with Crippen molar-refractivity contribution in [2.75, 3.05) is 0 Å². The van der Waals surface area contributed by atoms with Crippen LogP contribution in [0.25, 0.3) is 6.08 Å². The summed E-state index contributed by atoms with van der Waals surface area (Å²) in [6.07, 6.45) is 3.83. The van der Waals surface area contributed by atoms with Gasteiger partial charge >= 0.3 is 0 Å². The van der Waals surface area contributed by atoms with E-state index in [0.29, 0.717) is 12.0 Å². The van der Waals surface area contributed by atoms with Gasteiger partial charge in [-0.3, -0.25) is 4.79 Å². The minimum atomic E-state index is 0. The van der Waals surface area contributed by atoms with E-state index in [1.807, 2.05) is 25.1 Å². The summed E-state index contributed by atoms with van der Waals surface area (Å²) in [5.41, 5.74) is 1.56. The molecule has 78 valence electrons. The second-order valence-electron chi connectivity index (χ2n) is 2.89. The molecule has 0 aliphatic rings. The normalized spacial score (nSPS) is 9.33. The van der Waals surface area contributed by atoms with Gasteiger partial charge in [-0.15, -0.1) is 12.4 Å². The number of hydrogen-bond donors (Lipinski definition) is 0. The minimum absolute atomic E-state index is 0. The molecular formula is C12H12ClNO. The van der Waals surface area contributed by atoms with E-state index >= 15 is 0 Å². The standard InChI is InChI=1S/C12H11NO.ClH/c1-2-12(14)8-7-10-3-5-11(9-13)6-4-10;/h3-8H,2H2,1H3;1H. The molecule has 0 fully saturated rings. The van der Waals surface area contributed by atoms with Gasteiger partial charge in [0.2, 0.25) is 0 Å². The topological polar surface area (TPSA) is 40.9 Å². The first-order valence-corrected chi connectivity index (χ1v) is 4.47. The molecule has 0 saturated heterocycles. The lowest BCUT2D eigenvalue weighted by Gasteiger charge is -1.92. The average molecular weight is 222 g/mol. The van der Waals surface area contributed by atoms with Crippen molar-refractivity contribution >= 4 is 24.3 Å². The van der Waals surface area contributed by atoms with E-state index in [2.05, 4.69) is 0 Å². The van der Waals surface area contributed by atoms with Crippen LogP contribution in [0.4, 0.5) is 0 Å².